The first-order valence-corrected chi connectivity index (χ1v) is 9.51. The Morgan fingerprint density at radius 3 is 2.81 bits per heavy atom. The summed E-state index contributed by atoms with van der Waals surface area (Å²) in [5, 5.41) is 12.3. The van der Waals surface area contributed by atoms with E-state index in [1.807, 2.05) is 34.9 Å². The van der Waals surface area contributed by atoms with Crippen LogP contribution in [0.1, 0.15) is 16.7 Å². The molecule has 1 aromatic heterocycles. The van der Waals surface area contributed by atoms with E-state index in [0.29, 0.717) is 16.7 Å². The maximum atomic E-state index is 12.1. The molecular formula is C19H19ClN4OS. The third kappa shape index (κ3) is 4.65. The van der Waals surface area contributed by atoms with Crippen molar-refractivity contribution in [2.75, 3.05) is 5.75 Å². The van der Waals surface area contributed by atoms with E-state index < -0.39 is 0 Å². The fraction of sp³-hybridized carbons (Fsp3) is 0.211. The van der Waals surface area contributed by atoms with E-state index in [9.17, 15) is 4.79 Å². The Balaban J connectivity index is 1.59. The molecule has 0 aliphatic carbocycles. The van der Waals surface area contributed by atoms with Crippen molar-refractivity contribution in [1.29, 1.82) is 0 Å². The van der Waals surface area contributed by atoms with Crippen molar-refractivity contribution in [3.8, 4) is 5.69 Å². The van der Waals surface area contributed by atoms with Crippen molar-refractivity contribution >= 4 is 29.3 Å². The number of nitrogens with zero attached hydrogens (tertiary/aromatic N) is 3. The predicted molar refractivity (Wildman–Crippen MR) is 105 cm³/mol. The molecule has 0 saturated heterocycles. The highest BCUT2D eigenvalue weighted by atomic mass is 35.5. The number of aromatic nitrogens is 3. The van der Waals surface area contributed by atoms with Gasteiger partial charge in [-0.15, -0.1) is 10.2 Å². The van der Waals surface area contributed by atoms with Crippen molar-refractivity contribution in [2.45, 2.75) is 25.5 Å². The van der Waals surface area contributed by atoms with Crippen molar-refractivity contribution in [1.82, 2.24) is 20.1 Å². The molecule has 3 rings (SSSR count). The first-order chi connectivity index (χ1) is 12.5. The molecule has 0 aliphatic rings. The monoisotopic (exact) mass is 386 g/mol. The van der Waals surface area contributed by atoms with Crippen molar-refractivity contribution in [2.24, 2.45) is 0 Å². The fourth-order valence-corrected chi connectivity index (χ4v) is 3.38. The lowest BCUT2D eigenvalue weighted by atomic mass is 10.1. The SMILES string of the molecule is Cc1ccc(-n2cnnc2SCC(=O)NCc2cccc(Cl)c2)cc1C. The zero-order chi connectivity index (χ0) is 18.5. The molecule has 0 radical (unpaired) electrons. The lowest BCUT2D eigenvalue weighted by Crippen LogP contribution is -2.24. The van der Waals surface area contributed by atoms with Crippen molar-refractivity contribution < 1.29 is 4.79 Å². The standard InChI is InChI=1S/C19H19ClN4OS/c1-13-6-7-17(8-14(13)2)24-12-22-23-19(24)26-11-18(25)21-10-15-4-3-5-16(20)9-15/h3-9,12H,10-11H2,1-2H3,(H,21,25). The van der Waals surface area contributed by atoms with Gasteiger partial charge in [-0.1, -0.05) is 41.6 Å². The number of halogens is 1. The molecule has 0 spiro atoms. The van der Waals surface area contributed by atoms with E-state index >= 15 is 0 Å². The van der Waals surface area contributed by atoms with Crippen LogP contribution in [0.5, 0.6) is 0 Å². The van der Waals surface area contributed by atoms with Crippen LogP contribution in [0.25, 0.3) is 5.69 Å². The van der Waals surface area contributed by atoms with Crippen LogP contribution in [0.15, 0.2) is 53.9 Å². The Hall–Kier alpha value is -2.31. The Morgan fingerprint density at radius 1 is 1.19 bits per heavy atom. The molecule has 1 heterocycles. The number of aryl methyl sites for hydroxylation is 2. The average molecular weight is 387 g/mol. The van der Waals surface area contributed by atoms with Gasteiger partial charge in [-0.3, -0.25) is 9.36 Å². The average Bonchev–Trinajstić information content (AvgIpc) is 3.09. The molecule has 5 nitrogen and oxygen atoms in total. The van der Waals surface area contributed by atoms with E-state index in [1.165, 1.54) is 22.9 Å². The van der Waals surface area contributed by atoms with Crippen LogP contribution >= 0.6 is 23.4 Å². The predicted octanol–water partition coefficient (Wildman–Crippen LogP) is 3.95. The molecule has 0 bridgehead atoms. The number of hydrogen-bond donors (Lipinski definition) is 1. The third-order valence-corrected chi connectivity index (χ3v) is 5.17. The normalized spacial score (nSPS) is 10.7. The van der Waals surface area contributed by atoms with Gasteiger partial charge in [0.1, 0.15) is 6.33 Å². The number of carbonyl (C=O) groups is 1. The Labute approximate surface area is 161 Å². The largest absolute Gasteiger partial charge is 0.351 e. The Morgan fingerprint density at radius 2 is 2.04 bits per heavy atom. The van der Waals surface area contributed by atoms with Gasteiger partial charge in [0.05, 0.1) is 5.75 Å². The summed E-state index contributed by atoms with van der Waals surface area (Å²) in [5.41, 5.74) is 4.39. The highest BCUT2D eigenvalue weighted by Gasteiger charge is 2.11. The first-order valence-electron chi connectivity index (χ1n) is 8.14. The first kappa shape index (κ1) is 18.5. The number of hydrogen-bond acceptors (Lipinski definition) is 4. The molecular weight excluding hydrogens is 368 g/mol. The van der Waals surface area contributed by atoms with Gasteiger partial charge < -0.3 is 5.32 Å². The maximum absolute atomic E-state index is 12.1. The van der Waals surface area contributed by atoms with Gasteiger partial charge in [-0.05, 0) is 54.8 Å². The van der Waals surface area contributed by atoms with Gasteiger partial charge in [-0.25, -0.2) is 0 Å². The molecule has 0 aliphatic heterocycles. The summed E-state index contributed by atoms with van der Waals surface area (Å²) in [6.45, 7) is 4.59. The summed E-state index contributed by atoms with van der Waals surface area (Å²) in [6.07, 6.45) is 1.66. The number of benzene rings is 2. The minimum Gasteiger partial charge on any atom is -0.351 e. The number of thioether (sulfide) groups is 1. The highest BCUT2D eigenvalue weighted by Crippen LogP contribution is 2.21. The quantitative estimate of drug-likeness (QED) is 0.652. The van der Waals surface area contributed by atoms with Gasteiger partial charge >= 0.3 is 0 Å². The molecule has 0 unspecified atom stereocenters. The summed E-state index contributed by atoms with van der Waals surface area (Å²) in [6, 6.07) is 13.6. The molecule has 0 fully saturated rings. The van der Waals surface area contributed by atoms with Crippen LogP contribution in [0.4, 0.5) is 0 Å². The smallest absolute Gasteiger partial charge is 0.230 e. The summed E-state index contributed by atoms with van der Waals surface area (Å²) in [7, 11) is 0. The van der Waals surface area contributed by atoms with Crippen LogP contribution in [0.2, 0.25) is 5.02 Å². The lowest BCUT2D eigenvalue weighted by molar-refractivity contribution is -0.118. The highest BCUT2D eigenvalue weighted by molar-refractivity contribution is 7.99. The second-order valence-electron chi connectivity index (χ2n) is 5.95. The van der Waals surface area contributed by atoms with Gasteiger partial charge in [0.25, 0.3) is 0 Å². The number of amides is 1. The van der Waals surface area contributed by atoms with Crippen LogP contribution in [-0.4, -0.2) is 26.4 Å². The van der Waals surface area contributed by atoms with Gasteiger partial charge in [0.15, 0.2) is 5.16 Å². The minimum atomic E-state index is -0.0652. The van der Waals surface area contributed by atoms with Gasteiger partial charge in [0, 0.05) is 17.3 Å². The third-order valence-electron chi connectivity index (χ3n) is 4.00. The number of rotatable bonds is 6. The molecule has 0 atom stereocenters. The summed E-state index contributed by atoms with van der Waals surface area (Å²) in [4.78, 5) is 12.1. The second-order valence-corrected chi connectivity index (χ2v) is 7.33. The molecule has 1 amide bonds. The molecule has 7 heteroatoms. The van der Waals surface area contributed by atoms with Crippen LogP contribution in [0, 0.1) is 13.8 Å². The van der Waals surface area contributed by atoms with E-state index in [2.05, 4.69) is 41.5 Å². The van der Waals surface area contributed by atoms with Crippen LogP contribution < -0.4 is 5.32 Å². The summed E-state index contributed by atoms with van der Waals surface area (Å²) < 4.78 is 1.89. The van der Waals surface area contributed by atoms with E-state index in [1.54, 1.807) is 6.33 Å². The Bertz CT molecular complexity index is 925. The zero-order valence-corrected chi connectivity index (χ0v) is 16.1. The van der Waals surface area contributed by atoms with Gasteiger partial charge in [0.2, 0.25) is 5.91 Å². The fourth-order valence-electron chi connectivity index (χ4n) is 2.40. The van der Waals surface area contributed by atoms with Crippen LogP contribution in [-0.2, 0) is 11.3 Å². The Kier molecular flexibility index (Phi) is 5.96. The molecule has 1 N–H and O–H groups in total. The molecule has 26 heavy (non-hydrogen) atoms. The number of carbonyl (C=O) groups excluding carboxylic acids is 1. The molecule has 2 aromatic carbocycles. The van der Waals surface area contributed by atoms with E-state index in [-0.39, 0.29) is 11.7 Å². The topological polar surface area (TPSA) is 59.8 Å². The summed E-state index contributed by atoms with van der Waals surface area (Å²) in [5.74, 6) is 0.203. The van der Waals surface area contributed by atoms with E-state index in [4.69, 9.17) is 11.6 Å². The second kappa shape index (κ2) is 8.38. The van der Waals surface area contributed by atoms with Gasteiger partial charge in [-0.2, -0.15) is 0 Å². The molecule has 3 aromatic rings. The molecule has 0 saturated carbocycles. The minimum absolute atomic E-state index is 0.0652. The lowest BCUT2D eigenvalue weighted by Gasteiger charge is -2.09. The van der Waals surface area contributed by atoms with Crippen molar-refractivity contribution in [3.63, 3.8) is 0 Å². The van der Waals surface area contributed by atoms with E-state index in [0.717, 1.165) is 11.3 Å². The number of nitrogens with one attached hydrogen (secondary N) is 1. The molecule has 134 valence electrons. The zero-order valence-electron chi connectivity index (χ0n) is 14.6. The maximum Gasteiger partial charge on any atom is 0.230 e. The van der Waals surface area contributed by atoms with Crippen LogP contribution in [0.3, 0.4) is 0 Å². The summed E-state index contributed by atoms with van der Waals surface area (Å²) >= 11 is 7.31. The van der Waals surface area contributed by atoms with Crippen molar-refractivity contribution in [3.05, 3.63) is 70.5 Å².